The molecule has 1 N–H and O–H groups in total. The zero-order chi connectivity index (χ0) is 16.7. The van der Waals surface area contributed by atoms with Gasteiger partial charge in [0, 0.05) is 25.2 Å². The lowest BCUT2D eigenvalue weighted by Crippen LogP contribution is -2.40. The maximum atomic E-state index is 12.8. The summed E-state index contributed by atoms with van der Waals surface area (Å²) in [5.41, 5.74) is 1.27. The van der Waals surface area contributed by atoms with Gasteiger partial charge in [-0.2, -0.15) is 5.10 Å². The number of hydrogen-bond donors (Lipinski definition) is 1. The minimum Gasteiger partial charge on any atom is -0.302 e. The smallest absolute Gasteiger partial charge is 0.244 e. The zero-order valence-electron chi connectivity index (χ0n) is 14.4. The van der Waals surface area contributed by atoms with Gasteiger partial charge < -0.3 is 4.90 Å². The highest BCUT2D eigenvalue weighted by molar-refractivity contribution is 7.89. The highest BCUT2D eigenvalue weighted by Crippen LogP contribution is 2.24. The van der Waals surface area contributed by atoms with E-state index in [2.05, 4.69) is 28.6 Å². The summed E-state index contributed by atoms with van der Waals surface area (Å²) in [4.78, 5) is 2.61. The van der Waals surface area contributed by atoms with Gasteiger partial charge in [0.2, 0.25) is 10.0 Å². The van der Waals surface area contributed by atoms with Crippen LogP contribution in [0.15, 0.2) is 4.90 Å². The SMILES string of the molecule is CCN1C[C@H](C)[C@H](NS(=O)(=O)c2c(C)nn(C(C)C)c2C)C1. The molecule has 0 spiro atoms. The van der Waals surface area contributed by atoms with Crippen LogP contribution in [-0.4, -0.2) is 48.8 Å². The number of rotatable bonds is 5. The Morgan fingerprint density at radius 3 is 2.41 bits per heavy atom. The van der Waals surface area contributed by atoms with Crippen LogP contribution in [0.5, 0.6) is 0 Å². The summed E-state index contributed by atoms with van der Waals surface area (Å²) in [6.07, 6.45) is 0. The minimum atomic E-state index is -3.54. The van der Waals surface area contributed by atoms with Gasteiger partial charge in [0.25, 0.3) is 0 Å². The molecule has 1 fully saturated rings. The van der Waals surface area contributed by atoms with Crippen molar-refractivity contribution in [2.24, 2.45) is 5.92 Å². The first-order chi connectivity index (χ1) is 10.2. The fraction of sp³-hybridized carbons (Fsp3) is 0.800. The molecule has 0 saturated carbocycles. The van der Waals surface area contributed by atoms with E-state index in [1.807, 2.05) is 20.8 Å². The molecule has 126 valence electrons. The molecule has 0 radical (unpaired) electrons. The molecule has 7 heteroatoms. The molecular formula is C15H28N4O2S. The van der Waals surface area contributed by atoms with E-state index in [4.69, 9.17) is 0 Å². The number of hydrogen-bond acceptors (Lipinski definition) is 4. The van der Waals surface area contributed by atoms with Gasteiger partial charge in [-0.25, -0.2) is 13.1 Å². The first kappa shape index (κ1) is 17.4. The second-order valence-electron chi connectivity index (χ2n) is 6.60. The summed E-state index contributed by atoms with van der Waals surface area (Å²) in [5, 5.41) is 4.39. The maximum Gasteiger partial charge on any atom is 0.244 e. The molecule has 6 nitrogen and oxygen atoms in total. The third-order valence-corrected chi connectivity index (χ3v) is 6.20. The maximum absolute atomic E-state index is 12.8. The molecule has 0 amide bonds. The van der Waals surface area contributed by atoms with E-state index in [0.717, 1.165) is 19.6 Å². The molecule has 1 aliphatic rings. The Hall–Kier alpha value is -0.920. The second kappa shape index (κ2) is 6.29. The Bertz CT molecular complexity index is 636. The Kier molecular flexibility index (Phi) is 4.99. The Balaban J connectivity index is 2.28. The van der Waals surface area contributed by atoms with Gasteiger partial charge in [-0.1, -0.05) is 13.8 Å². The molecule has 2 rings (SSSR count). The van der Waals surface area contributed by atoms with Crippen molar-refractivity contribution in [2.45, 2.75) is 58.5 Å². The Labute approximate surface area is 133 Å². The average Bonchev–Trinajstić information content (AvgIpc) is 2.90. The van der Waals surface area contributed by atoms with Crippen LogP contribution < -0.4 is 4.72 Å². The van der Waals surface area contributed by atoms with Crippen molar-refractivity contribution in [1.29, 1.82) is 0 Å². The van der Waals surface area contributed by atoms with Gasteiger partial charge in [-0.15, -0.1) is 0 Å². The van der Waals surface area contributed by atoms with Crippen molar-refractivity contribution in [1.82, 2.24) is 19.4 Å². The van der Waals surface area contributed by atoms with Crippen molar-refractivity contribution in [3.05, 3.63) is 11.4 Å². The van der Waals surface area contributed by atoms with E-state index in [0.29, 0.717) is 22.2 Å². The summed E-state index contributed by atoms with van der Waals surface area (Å²) in [7, 11) is -3.54. The molecule has 0 bridgehead atoms. The fourth-order valence-electron chi connectivity index (χ4n) is 3.28. The fourth-order valence-corrected chi connectivity index (χ4v) is 5.01. The van der Waals surface area contributed by atoms with E-state index in [-0.39, 0.29) is 12.1 Å². The molecule has 1 aromatic heterocycles. The van der Waals surface area contributed by atoms with Gasteiger partial charge >= 0.3 is 0 Å². The molecule has 0 unspecified atom stereocenters. The van der Waals surface area contributed by atoms with Crippen molar-refractivity contribution >= 4 is 10.0 Å². The minimum absolute atomic E-state index is 0.0360. The molecule has 0 aromatic carbocycles. The molecule has 22 heavy (non-hydrogen) atoms. The highest BCUT2D eigenvalue weighted by Gasteiger charge is 2.34. The number of nitrogens with zero attached hydrogens (tertiary/aromatic N) is 3. The van der Waals surface area contributed by atoms with Crippen LogP contribution in [-0.2, 0) is 10.0 Å². The van der Waals surface area contributed by atoms with Crippen LogP contribution >= 0.6 is 0 Å². The van der Waals surface area contributed by atoms with Gasteiger partial charge in [0.1, 0.15) is 4.90 Å². The zero-order valence-corrected chi connectivity index (χ0v) is 15.2. The van der Waals surface area contributed by atoms with E-state index in [1.54, 1.807) is 11.6 Å². The van der Waals surface area contributed by atoms with Crippen molar-refractivity contribution in [3.63, 3.8) is 0 Å². The summed E-state index contributed by atoms with van der Waals surface area (Å²) < 4.78 is 30.3. The van der Waals surface area contributed by atoms with E-state index in [9.17, 15) is 8.42 Å². The number of sulfonamides is 1. The highest BCUT2D eigenvalue weighted by atomic mass is 32.2. The molecule has 2 atom stereocenters. The first-order valence-corrected chi connectivity index (χ1v) is 9.46. The lowest BCUT2D eigenvalue weighted by atomic mass is 10.1. The molecule has 1 saturated heterocycles. The second-order valence-corrected chi connectivity index (χ2v) is 8.25. The van der Waals surface area contributed by atoms with Gasteiger partial charge in [-0.05, 0) is 40.2 Å². The van der Waals surface area contributed by atoms with Crippen LogP contribution in [0.4, 0.5) is 0 Å². The Morgan fingerprint density at radius 2 is 1.95 bits per heavy atom. The molecule has 1 aromatic rings. The monoisotopic (exact) mass is 328 g/mol. The molecule has 1 aliphatic heterocycles. The predicted octanol–water partition coefficient (Wildman–Crippen LogP) is 1.70. The van der Waals surface area contributed by atoms with E-state index >= 15 is 0 Å². The third-order valence-electron chi connectivity index (χ3n) is 4.46. The van der Waals surface area contributed by atoms with Gasteiger partial charge in [0.15, 0.2) is 0 Å². The van der Waals surface area contributed by atoms with Crippen LogP contribution in [0.2, 0.25) is 0 Å². The Morgan fingerprint density at radius 1 is 1.32 bits per heavy atom. The summed E-state index contributed by atoms with van der Waals surface area (Å²) in [6.45, 7) is 14.4. The molecule has 0 aliphatic carbocycles. The third kappa shape index (κ3) is 3.21. The molecular weight excluding hydrogens is 300 g/mol. The standard InChI is InChI=1S/C15H28N4O2S/c1-7-18-8-11(4)14(9-18)17-22(20,21)15-12(5)16-19(10(2)3)13(15)6/h10-11,14,17H,7-9H2,1-6H3/t11-,14+/m0/s1. The van der Waals surface area contributed by atoms with Crippen LogP contribution in [0, 0.1) is 19.8 Å². The van der Waals surface area contributed by atoms with Crippen LogP contribution in [0.25, 0.3) is 0 Å². The van der Waals surface area contributed by atoms with Crippen LogP contribution in [0.1, 0.15) is 45.1 Å². The number of aryl methyl sites for hydroxylation is 1. The van der Waals surface area contributed by atoms with E-state index in [1.165, 1.54) is 0 Å². The number of likely N-dealkylation sites (N-methyl/N-ethyl adjacent to an activating group) is 1. The number of nitrogens with one attached hydrogen (secondary N) is 1. The van der Waals surface area contributed by atoms with Crippen molar-refractivity contribution in [3.8, 4) is 0 Å². The lowest BCUT2D eigenvalue weighted by Gasteiger charge is -2.17. The number of aromatic nitrogens is 2. The topological polar surface area (TPSA) is 67.2 Å². The normalized spacial score (nSPS) is 23.6. The summed E-state index contributed by atoms with van der Waals surface area (Å²) in [5.74, 6) is 0.315. The lowest BCUT2D eigenvalue weighted by molar-refractivity contribution is 0.344. The first-order valence-electron chi connectivity index (χ1n) is 7.97. The van der Waals surface area contributed by atoms with Gasteiger partial charge in [0.05, 0.1) is 11.4 Å². The van der Waals surface area contributed by atoms with E-state index < -0.39 is 10.0 Å². The van der Waals surface area contributed by atoms with Gasteiger partial charge in [-0.3, -0.25) is 4.68 Å². The van der Waals surface area contributed by atoms with Crippen molar-refractivity contribution < 1.29 is 8.42 Å². The quantitative estimate of drug-likeness (QED) is 0.893. The summed E-state index contributed by atoms with van der Waals surface area (Å²) >= 11 is 0. The van der Waals surface area contributed by atoms with Crippen LogP contribution in [0.3, 0.4) is 0 Å². The number of likely N-dealkylation sites (tertiary alicyclic amines) is 1. The molecule has 2 heterocycles. The predicted molar refractivity (Wildman–Crippen MR) is 87.5 cm³/mol. The largest absolute Gasteiger partial charge is 0.302 e. The summed E-state index contributed by atoms with van der Waals surface area (Å²) in [6, 6.07) is 0.106. The van der Waals surface area contributed by atoms with Crippen molar-refractivity contribution in [2.75, 3.05) is 19.6 Å². The average molecular weight is 328 g/mol.